The number of sulfonamides is 1. The molecule has 26 heavy (non-hydrogen) atoms. The minimum atomic E-state index is -3.63. The maximum absolute atomic E-state index is 12.6. The topological polar surface area (TPSA) is 101 Å². The molecule has 4 N–H and O–H groups in total. The number of halogens is 1. The van der Waals surface area contributed by atoms with Crippen molar-refractivity contribution < 1.29 is 13.2 Å². The van der Waals surface area contributed by atoms with Crippen molar-refractivity contribution in [2.75, 3.05) is 13.1 Å². The number of amides is 1. The fraction of sp³-hybridized carbons (Fsp3) is 0.611. The molecule has 1 saturated carbocycles. The molecule has 2 unspecified atom stereocenters. The molecule has 0 bridgehead atoms. The van der Waals surface area contributed by atoms with Crippen molar-refractivity contribution in [1.82, 2.24) is 10.0 Å². The van der Waals surface area contributed by atoms with E-state index in [1.54, 1.807) is 13.8 Å². The number of nitrogens with one attached hydrogen (secondary N) is 2. The molecular weight excluding hydrogens is 374 g/mol. The van der Waals surface area contributed by atoms with Crippen LogP contribution in [-0.4, -0.2) is 33.5 Å². The first-order chi connectivity index (χ1) is 11.7. The molecule has 8 heteroatoms. The molecule has 6 nitrogen and oxygen atoms in total. The third-order valence-corrected chi connectivity index (χ3v) is 6.59. The van der Waals surface area contributed by atoms with Gasteiger partial charge in [0.15, 0.2) is 0 Å². The van der Waals surface area contributed by atoms with Crippen LogP contribution >= 0.6 is 12.4 Å². The summed E-state index contributed by atoms with van der Waals surface area (Å²) in [5.41, 5.74) is 8.17. The zero-order chi connectivity index (χ0) is 18.6. The fourth-order valence-corrected chi connectivity index (χ4v) is 5.23. The molecule has 2 atom stereocenters. The highest BCUT2D eigenvalue weighted by molar-refractivity contribution is 7.89. The number of carbonyl (C=O) groups is 1. The first-order valence-electron chi connectivity index (χ1n) is 8.81. The number of nitrogens with two attached hydrogens (primary N) is 1. The molecule has 0 aromatic heterocycles. The van der Waals surface area contributed by atoms with Gasteiger partial charge in [-0.25, -0.2) is 13.1 Å². The second kappa shape index (κ2) is 9.69. The highest BCUT2D eigenvalue weighted by Gasteiger charge is 2.27. The summed E-state index contributed by atoms with van der Waals surface area (Å²) in [6.45, 7) is 6.17. The van der Waals surface area contributed by atoms with Crippen molar-refractivity contribution in [3.05, 3.63) is 28.8 Å². The highest BCUT2D eigenvalue weighted by Crippen LogP contribution is 2.24. The Morgan fingerprint density at radius 2 is 1.81 bits per heavy atom. The van der Waals surface area contributed by atoms with Gasteiger partial charge in [-0.2, -0.15) is 0 Å². The molecule has 0 radical (unpaired) electrons. The second-order valence-electron chi connectivity index (χ2n) is 6.98. The fourth-order valence-electron chi connectivity index (χ4n) is 3.75. The van der Waals surface area contributed by atoms with E-state index in [9.17, 15) is 13.2 Å². The predicted octanol–water partition coefficient (Wildman–Crippen LogP) is 1.95. The van der Waals surface area contributed by atoms with Gasteiger partial charge in [-0.05, 0) is 57.2 Å². The van der Waals surface area contributed by atoms with Crippen molar-refractivity contribution in [2.24, 2.45) is 11.7 Å². The highest BCUT2D eigenvalue weighted by atomic mass is 35.5. The van der Waals surface area contributed by atoms with Gasteiger partial charge in [0.05, 0.1) is 4.90 Å². The van der Waals surface area contributed by atoms with Crippen LogP contribution in [0, 0.1) is 26.7 Å². The van der Waals surface area contributed by atoms with E-state index in [1.165, 1.54) is 0 Å². The smallest absolute Gasteiger partial charge is 0.241 e. The molecule has 2 rings (SSSR count). The standard InChI is InChI=1S/C18H29N3O3S.ClH/c1-12-9-13(2)18(14(3)10-12)25(23,24)20-8-7-17(22)21-16-6-4-5-15(16)11-19;/h9-10,15-16,20H,4-8,11,19H2,1-3H3,(H,21,22);1H. The van der Waals surface area contributed by atoms with Crippen LogP contribution in [0.25, 0.3) is 0 Å². The Labute approximate surface area is 162 Å². The Balaban J connectivity index is 0.00000338. The number of hydrogen-bond donors (Lipinski definition) is 3. The lowest BCUT2D eigenvalue weighted by atomic mass is 10.0. The third-order valence-electron chi connectivity index (χ3n) is 4.83. The lowest BCUT2D eigenvalue weighted by Gasteiger charge is -2.19. The molecule has 0 aliphatic heterocycles. The first-order valence-corrected chi connectivity index (χ1v) is 10.3. The van der Waals surface area contributed by atoms with E-state index in [0.29, 0.717) is 28.5 Å². The summed E-state index contributed by atoms with van der Waals surface area (Å²) >= 11 is 0. The molecule has 1 aliphatic carbocycles. The van der Waals surface area contributed by atoms with Crippen molar-refractivity contribution >= 4 is 28.3 Å². The van der Waals surface area contributed by atoms with Crippen molar-refractivity contribution in [3.8, 4) is 0 Å². The Hall–Kier alpha value is -1.15. The summed E-state index contributed by atoms with van der Waals surface area (Å²) < 4.78 is 27.6. The monoisotopic (exact) mass is 403 g/mol. The zero-order valence-electron chi connectivity index (χ0n) is 15.7. The van der Waals surface area contributed by atoms with E-state index in [0.717, 1.165) is 24.8 Å². The van der Waals surface area contributed by atoms with Crippen LogP contribution in [0.4, 0.5) is 0 Å². The number of carbonyl (C=O) groups excluding carboxylic acids is 1. The lowest BCUT2D eigenvalue weighted by Crippen LogP contribution is -2.41. The zero-order valence-corrected chi connectivity index (χ0v) is 17.3. The normalized spacial score (nSPS) is 19.8. The van der Waals surface area contributed by atoms with Crippen LogP contribution in [0.5, 0.6) is 0 Å². The van der Waals surface area contributed by atoms with Crippen LogP contribution in [-0.2, 0) is 14.8 Å². The van der Waals surface area contributed by atoms with E-state index in [1.807, 2.05) is 19.1 Å². The Morgan fingerprint density at radius 1 is 1.19 bits per heavy atom. The van der Waals surface area contributed by atoms with Crippen LogP contribution < -0.4 is 15.8 Å². The molecule has 0 heterocycles. The van der Waals surface area contributed by atoms with Crippen LogP contribution in [0.3, 0.4) is 0 Å². The van der Waals surface area contributed by atoms with E-state index in [-0.39, 0.29) is 37.3 Å². The van der Waals surface area contributed by atoms with E-state index in [4.69, 9.17) is 5.73 Å². The molecule has 1 aliphatic rings. The molecule has 1 amide bonds. The Kier molecular flexibility index (Phi) is 8.53. The Morgan fingerprint density at radius 3 is 2.38 bits per heavy atom. The average molecular weight is 404 g/mol. The van der Waals surface area contributed by atoms with E-state index < -0.39 is 10.0 Å². The lowest BCUT2D eigenvalue weighted by molar-refractivity contribution is -0.121. The summed E-state index contributed by atoms with van der Waals surface area (Å²) in [5, 5.41) is 2.98. The van der Waals surface area contributed by atoms with Gasteiger partial charge in [-0.3, -0.25) is 4.79 Å². The molecule has 1 aromatic rings. The number of aryl methyl sites for hydroxylation is 3. The van der Waals surface area contributed by atoms with Crippen molar-refractivity contribution in [1.29, 1.82) is 0 Å². The van der Waals surface area contributed by atoms with E-state index >= 15 is 0 Å². The summed E-state index contributed by atoms with van der Waals surface area (Å²) in [6, 6.07) is 3.82. The minimum Gasteiger partial charge on any atom is -0.353 e. The SMILES string of the molecule is Cc1cc(C)c(S(=O)(=O)NCCC(=O)NC2CCCC2CN)c(C)c1.Cl. The number of hydrogen-bond acceptors (Lipinski definition) is 4. The second-order valence-corrected chi connectivity index (χ2v) is 8.68. The summed E-state index contributed by atoms with van der Waals surface area (Å²) in [7, 11) is -3.63. The first kappa shape index (κ1) is 22.9. The van der Waals surface area contributed by atoms with Crippen LogP contribution in [0.15, 0.2) is 17.0 Å². The summed E-state index contributed by atoms with van der Waals surface area (Å²) in [5.74, 6) is 0.198. The van der Waals surface area contributed by atoms with Gasteiger partial charge in [-0.1, -0.05) is 24.1 Å². The van der Waals surface area contributed by atoms with Gasteiger partial charge in [-0.15, -0.1) is 12.4 Å². The van der Waals surface area contributed by atoms with Gasteiger partial charge in [0.25, 0.3) is 0 Å². The molecule has 0 saturated heterocycles. The van der Waals surface area contributed by atoms with Crippen LogP contribution in [0.2, 0.25) is 0 Å². The number of benzene rings is 1. The summed E-state index contributed by atoms with van der Waals surface area (Å²) in [6.07, 6.45) is 3.18. The minimum absolute atomic E-state index is 0. The molecule has 148 valence electrons. The van der Waals surface area contributed by atoms with Gasteiger partial charge in [0.2, 0.25) is 15.9 Å². The maximum Gasteiger partial charge on any atom is 0.241 e. The van der Waals surface area contributed by atoms with Crippen molar-refractivity contribution in [2.45, 2.75) is 57.4 Å². The average Bonchev–Trinajstić information content (AvgIpc) is 2.92. The number of rotatable bonds is 7. The van der Waals surface area contributed by atoms with Gasteiger partial charge >= 0.3 is 0 Å². The van der Waals surface area contributed by atoms with Crippen molar-refractivity contribution in [3.63, 3.8) is 0 Å². The van der Waals surface area contributed by atoms with Gasteiger partial charge < -0.3 is 11.1 Å². The summed E-state index contributed by atoms with van der Waals surface area (Å²) in [4.78, 5) is 12.4. The maximum atomic E-state index is 12.6. The van der Waals surface area contributed by atoms with Gasteiger partial charge in [0.1, 0.15) is 0 Å². The van der Waals surface area contributed by atoms with Gasteiger partial charge in [0, 0.05) is 19.0 Å². The predicted molar refractivity (Wildman–Crippen MR) is 106 cm³/mol. The third kappa shape index (κ3) is 5.67. The Bertz CT molecular complexity index is 714. The molecule has 1 fully saturated rings. The quantitative estimate of drug-likeness (QED) is 0.647. The largest absolute Gasteiger partial charge is 0.353 e. The molecule has 1 aromatic carbocycles. The molecular formula is C18H30ClN3O3S. The molecule has 0 spiro atoms. The van der Waals surface area contributed by atoms with E-state index in [2.05, 4.69) is 10.0 Å². The van der Waals surface area contributed by atoms with Crippen LogP contribution in [0.1, 0.15) is 42.4 Å².